The first-order valence-electron chi connectivity index (χ1n) is 9.85. The van der Waals surface area contributed by atoms with Crippen LogP contribution >= 0.6 is 11.6 Å². The molecule has 3 rings (SSSR count). The number of halogens is 7. The van der Waals surface area contributed by atoms with E-state index in [-0.39, 0.29) is 21.2 Å². The summed E-state index contributed by atoms with van der Waals surface area (Å²) >= 11 is 6.14. The van der Waals surface area contributed by atoms with Gasteiger partial charge < -0.3 is 5.11 Å². The Kier molecular flexibility index (Phi) is 7.32. The lowest BCUT2D eigenvalue weighted by Gasteiger charge is -2.33. The van der Waals surface area contributed by atoms with Crippen molar-refractivity contribution < 1.29 is 39.9 Å². The zero-order valence-corrected chi connectivity index (χ0v) is 19.4. The second kappa shape index (κ2) is 9.65. The minimum absolute atomic E-state index is 0.162. The molecule has 0 aliphatic carbocycles. The third kappa shape index (κ3) is 5.00. The number of hydrogen-bond acceptors (Lipinski definition) is 4. The smallest absolute Gasteiger partial charge is 0.369 e. The molecule has 13 heteroatoms. The Morgan fingerprint density at radius 3 is 1.86 bits per heavy atom. The van der Waals surface area contributed by atoms with Crippen molar-refractivity contribution in [2.45, 2.75) is 29.4 Å². The highest BCUT2D eigenvalue weighted by molar-refractivity contribution is 7.92. The van der Waals surface area contributed by atoms with E-state index in [4.69, 9.17) is 16.9 Å². The molecule has 0 saturated heterocycles. The highest BCUT2D eigenvalue weighted by Crippen LogP contribution is 2.50. The van der Waals surface area contributed by atoms with Gasteiger partial charge in [0, 0.05) is 10.6 Å². The molecule has 36 heavy (non-hydrogen) atoms. The van der Waals surface area contributed by atoms with Crippen LogP contribution in [0.25, 0.3) is 0 Å². The molecule has 0 bridgehead atoms. The van der Waals surface area contributed by atoms with Crippen molar-refractivity contribution >= 4 is 27.3 Å². The second-order valence-electron chi connectivity index (χ2n) is 7.49. The molecule has 0 aliphatic rings. The van der Waals surface area contributed by atoms with Crippen molar-refractivity contribution in [2.75, 3.05) is 4.31 Å². The van der Waals surface area contributed by atoms with Crippen molar-refractivity contribution in [3.05, 3.63) is 94.5 Å². The quantitative estimate of drug-likeness (QED) is 0.388. The maximum atomic E-state index is 13.4. The van der Waals surface area contributed by atoms with Crippen LogP contribution < -0.4 is 4.31 Å². The first-order chi connectivity index (χ1) is 16.6. The zero-order chi connectivity index (χ0) is 26.9. The summed E-state index contributed by atoms with van der Waals surface area (Å²) in [6, 6.07) is 14.8. The van der Waals surface area contributed by atoms with Gasteiger partial charge in [-0.25, -0.2) is 8.42 Å². The Morgan fingerprint density at radius 1 is 0.861 bits per heavy atom. The summed E-state index contributed by atoms with van der Waals surface area (Å²) in [7, 11) is -4.44. The minimum Gasteiger partial charge on any atom is -0.369 e. The van der Waals surface area contributed by atoms with Crippen LogP contribution in [-0.4, -0.2) is 25.9 Å². The van der Waals surface area contributed by atoms with Crippen LogP contribution in [-0.2, 0) is 22.2 Å². The molecule has 0 saturated carbocycles. The number of aliphatic hydroxyl groups is 1. The molecule has 190 valence electrons. The molecule has 0 spiro atoms. The predicted molar refractivity (Wildman–Crippen MR) is 118 cm³/mol. The SMILES string of the molecule is N#Cc1ccc(S(=O)(=O)N(Cc2ccccc2Cl)c2ccc(C(O)(C(F)(F)F)C(F)(F)F)cc2)cc1. The normalized spacial score (nSPS) is 12.8. The van der Waals surface area contributed by atoms with Crippen LogP contribution in [0.2, 0.25) is 5.02 Å². The van der Waals surface area contributed by atoms with E-state index in [1.165, 1.54) is 24.3 Å². The Labute approximate surface area is 206 Å². The lowest BCUT2D eigenvalue weighted by Crippen LogP contribution is -2.53. The lowest BCUT2D eigenvalue weighted by atomic mass is 9.92. The largest absolute Gasteiger partial charge is 0.430 e. The molecular weight excluding hydrogens is 534 g/mol. The molecule has 0 aromatic heterocycles. The third-order valence-corrected chi connectivity index (χ3v) is 7.39. The molecule has 0 atom stereocenters. The van der Waals surface area contributed by atoms with Gasteiger partial charge in [0.05, 0.1) is 28.8 Å². The average molecular weight is 549 g/mol. The van der Waals surface area contributed by atoms with Gasteiger partial charge in [0.25, 0.3) is 15.6 Å². The van der Waals surface area contributed by atoms with Crippen LogP contribution in [0, 0.1) is 11.3 Å². The van der Waals surface area contributed by atoms with E-state index in [1.807, 2.05) is 6.07 Å². The van der Waals surface area contributed by atoms with Crippen molar-refractivity contribution in [2.24, 2.45) is 0 Å². The number of alkyl halides is 6. The number of sulfonamides is 1. The zero-order valence-electron chi connectivity index (χ0n) is 17.8. The fourth-order valence-corrected chi connectivity index (χ4v) is 4.92. The summed E-state index contributed by atoms with van der Waals surface area (Å²) < 4.78 is 107. The molecule has 0 fully saturated rings. The van der Waals surface area contributed by atoms with Crippen molar-refractivity contribution in [1.29, 1.82) is 5.26 Å². The molecule has 5 nitrogen and oxygen atoms in total. The number of nitriles is 1. The molecule has 0 radical (unpaired) electrons. The summed E-state index contributed by atoms with van der Waals surface area (Å²) in [5.74, 6) is 0. The van der Waals surface area contributed by atoms with Crippen LogP contribution in [0.15, 0.2) is 77.7 Å². The van der Waals surface area contributed by atoms with Gasteiger partial charge in [-0.2, -0.15) is 31.6 Å². The topological polar surface area (TPSA) is 81.4 Å². The maximum absolute atomic E-state index is 13.4. The predicted octanol–water partition coefficient (Wildman–Crippen LogP) is 5.92. The highest BCUT2D eigenvalue weighted by Gasteiger charge is 2.71. The molecule has 0 aliphatic heterocycles. The van der Waals surface area contributed by atoms with Gasteiger partial charge in [-0.15, -0.1) is 0 Å². The Morgan fingerprint density at radius 2 is 1.39 bits per heavy atom. The van der Waals surface area contributed by atoms with Crippen LogP contribution in [0.1, 0.15) is 16.7 Å². The Balaban J connectivity index is 2.14. The van der Waals surface area contributed by atoms with Crippen molar-refractivity contribution in [1.82, 2.24) is 0 Å². The molecular formula is C23H15ClF6N2O3S. The summed E-state index contributed by atoms with van der Waals surface area (Å²) in [5.41, 5.74) is -6.55. The number of benzene rings is 3. The molecule has 0 heterocycles. The van der Waals surface area contributed by atoms with Gasteiger partial charge in [0.1, 0.15) is 0 Å². The fourth-order valence-electron chi connectivity index (χ4n) is 3.28. The van der Waals surface area contributed by atoms with Crippen LogP contribution in [0.4, 0.5) is 32.0 Å². The van der Waals surface area contributed by atoms with E-state index in [2.05, 4.69) is 0 Å². The van der Waals surface area contributed by atoms with E-state index >= 15 is 0 Å². The third-order valence-electron chi connectivity index (χ3n) is 5.24. The van der Waals surface area contributed by atoms with Crippen LogP contribution in [0.5, 0.6) is 0 Å². The summed E-state index contributed by atoms with van der Waals surface area (Å²) in [6.45, 7) is -0.426. The number of nitrogens with zero attached hydrogens (tertiary/aromatic N) is 2. The summed E-state index contributed by atoms with van der Waals surface area (Å²) in [6.07, 6.45) is -12.2. The summed E-state index contributed by atoms with van der Waals surface area (Å²) in [4.78, 5) is -0.292. The van der Waals surface area contributed by atoms with Crippen molar-refractivity contribution in [3.8, 4) is 6.07 Å². The molecule has 0 amide bonds. The van der Waals surface area contributed by atoms with Gasteiger partial charge in [-0.3, -0.25) is 4.31 Å². The second-order valence-corrected chi connectivity index (χ2v) is 9.76. The van der Waals surface area contributed by atoms with Crippen molar-refractivity contribution in [3.63, 3.8) is 0 Å². The monoisotopic (exact) mass is 548 g/mol. The first kappa shape index (κ1) is 27.3. The standard InChI is InChI=1S/C23H15ClF6N2O3S/c24-20-4-2-1-3-16(20)14-32(36(34,35)19-11-5-15(13-31)6-12-19)18-9-7-17(8-10-18)21(33,22(25,26)27)23(28,29)30/h1-12,33H,14H2. The number of hydrogen-bond donors (Lipinski definition) is 1. The lowest BCUT2D eigenvalue weighted by molar-refractivity contribution is -0.376. The molecule has 1 N–H and O–H groups in total. The van der Waals surface area contributed by atoms with E-state index in [0.29, 0.717) is 17.7 Å². The Hall–Kier alpha value is -3.27. The van der Waals surface area contributed by atoms with Crippen LogP contribution in [0.3, 0.4) is 0 Å². The first-order valence-corrected chi connectivity index (χ1v) is 11.7. The molecule has 3 aromatic rings. The number of anilines is 1. The number of rotatable bonds is 6. The van der Waals surface area contributed by atoms with E-state index in [1.54, 1.807) is 12.1 Å². The highest BCUT2D eigenvalue weighted by atomic mass is 35.5. The van der Waals surface area contributed by atoms with E-state index in [0.717, 1.165) is 28.6 Å². The van der Waals surface area contributed by atoms with Gasteiger partial charge in [-0.05, 0) is 48.0 Å². The molecule has 3 aromatic carbocycles. The van der Waals surface area contributed by atoms with Gasteiger partial charge in [-0.1, -0.05) is 41.9 Å². The van der Waals surface area contributed by atoms with E-state index in [9.17, 15) is 39.9 Å². The fraction of sp³-hybridized carbons (Fsp3) is 0.174. The molecule has 0 unspecified atom stereocenters. The average Bonchev–Trinajstić information content (AvgIpc) is 2.81. The summed E-state index contributed by atoms with van der Waals surface area (Å²) in [5, 5.41) is 18.7. The Bertz CT molecular complexity index is 1370. The minimum atomic E-state index is -6.10. The van der Waals surface area contributed by atoms with Gasteiger partial charge >= 0.3 is 12.4 Å². The van der Waals surface area contributed by atoms with E-state index < -0.39 is 40.1 Å². The van der Waals surface area contributed by atoms with Gasteiger partial charge in [0.2, 0.25) is 0 Å². The maximum Gasteiger partial charge on any atom is 0.430 e. The van der Waals surface area contributed by atoms with Gasteiger partial charge in [0.15, 0.2) is 0 Å².